The van der Waals surface area contributed by atoms with Gasteiger partial charge in [-0.15, -0.1) is 0 Å². The molecule has 0 unspecified atom stereocenters. The predicted octanol–water partition coefficient (Wildman–Crippen LogP) is 5.76. The molecule has 1 N–H and O–H groups in total. The third kappa shape index (κ3) is 3.79. The number of carbonyl (C=O) groups excluding carboxylic acids is 2. The number of anilines is 1. The van der Waals surface area contributed by atoms with E-state index in [2.05, 4.69) is 15.9 Å². The van der Waals surface area contributed by atoms with Crippen molar-refractivity contribution < 1.29 is 14.7 Å². The number of hydrogen-bond donors (Lipinski definition) is 1. The van der Waals surface area contributed by atoms with Gasteiger partial charge in [0.15, 0.2) is 11.4 Å². The van der Waals surface area contributed by atoms with Crippen LogP contribution < -0.4 is 4.90 Å². The van der Waals surface area contributed by atoms with E-state index in [1.165, 1.54) is 17.0 Å². The molecule has 0 bridgehead atoms. The molecular weight excluding hydrogens is 489 g/mol. The first-order valence-corrected chi connectivity index (χ1v) is 10.7. The second-order valence-electron chi connectivity index (χ2n) is 7.12. The molecule has 1 heterocycles. The number of rotatable bonds is 5. The van der Waals surface area contributed by atoms with Crippen molar-refractivity contribution in [3.63, 3.8) is 0 Å². The van der Waals surface area contributed by atoms with Crippen LogP contribution in [-0.4, -0.2) is 16.8 Å². The van der Waals surface area contributed by atoms with Crippen LogP contribution >= 0.6 is 39.1 Å². The molecular formula is C23H16BrCl2NO3. The first-order chi connectivity index (χ1) is 14.3. The van der Waals surface area contributed by atoms with E-state index in [0.29, 0.717) is 20.7 Å². The molecule has 1 aliphatic rings. The zero-order chi connectivity index (χ0) is 21.5. The smallest absolute Gasteiger partial charge is 0.264 e. The van der Waals surface area contributed by atoms with Crippen molar-refractivity contribution in [2.75, 3.05) is 4.90 Å². The summed E-state index contributed by atoms with van der Waals surface area (Å²) < 4.78 is 0.700. The predicted molar refractivity (Wildman–Crippen MR) is 121 cm³/mol. The van der Waals surface area contributed by atoms with Gasteiger partial charge in [0.25, 0.3) is 5.91 Å². The number of Topliss-reactive ketones (excluding diaryl/α,β-unsaturated/α-hetero) is 1. The monoisotopic (exact) mass is 503 g/mol. The van der Waals surface area contributed by atoms with E-state index in [4.69, 9.17) is 23.2 Å². The maximum Gasteiger partial charge on any atom is 0.264 e. The van der Waals surface area contributed by atoms with Crippen molar-refractivity contribution in [2.24, 2.45) is 0 Å². The van der Waals surface area contributed by atoms with Crippen LogP contribution in [0.25, 0.3) is 0 Å². The molecule has 1 aliphatic heterocycles. The minimum absolute atomic E-state index is 0.178. The fourth-order valence-electron chi connectivity index (χ4n) is 3.66. The highest BCUT2D eigenvalue weighted by molar-refractivity contribution is 9.10. The molecule has 30 heavy (non-hydrogen) atoms. The number of carbonyl (C=O) groups is 2. The molecule has 0 spiro atoms. The SMILES string of the molecule is O=C(C[C@]1(O)C(=O)N(Cc2ccccc2)c2ccc(Br)cc21)c1ccc(Cl)cc1Cl. The van der Waals surface area contributed by atoms with Crippen molar-refractivity contribution >= 4 is 56.5 Å². The Bertz CT molecular complexity index is 1150. The molecule has 1 atom stereocenters. The summed E-state index contributed by atoms with van der Waals surface area (Å²) in [6, 6.07) is 19.2. The second kappa shape index (κ2) is 8.16. The second-order valence-corrected chi connectivity index (χ2v) is 8.88. The summed E-state index contributed by atoms with van der Waals surface area (Å²) >= 11 is 15.5. The van der Waals surface area contributed by atoms with Crippen molar-refractivity contribution in [2.45, 2.75) is 18.6 Å². The number of hydrogen-bond acceptors (Lipinski definition) is 3. The number of benzene rings is 3. The zero-order valence-electron chi connectivity index (χ0n) is 15.6. The van der Waals surface area contributed by atoms with Crippen molar-refractivity contribution in [1.82, 2.24) is 0 Å². The van der Waals surface area contributed by atoms with Crippen molar-refractivity contribution in [3.8, 4) is 0 Å². The molecule has 4 rings (SSSR count). The Morgan fingerprint density at radius 3 is 2.47 bits per heavy atom. The van der Waals surface area contributed by atoms with E-state index in [9.17, 15) is 14.7 Å². The first-order valence-electron chi connectivity index (χ1n) is 9.16. The van der Waals surface area contributed by atoms with Gasteiger partial charge in [-0.2, -0.15) is 0 Å². The summed E-state index contributed by atoms with van der Waals surface area (Å²) in [7, 11) is 0. The minimum Gasteiger partial charge on any atom is -0.375 e. The Labute approximate surface area is 192 Å². The van der Waals surface area contributed by atoms with E-state index < -0.39 is 23.7 Å². The number of aliphatic hydroxyl groups is 1. The van der Waals surface area contributed by atoms with Crippen LogP contribution in [0.5, 0.6) is 0 Å². The Morgan fingerprint density at radius 1 is 1.03 bits per heavy atom. The third-order valence-electron chi connectivity index (χ3n) is 5.13. The average molecular weight is 505 g/mol. The van der Waals surface area contributed by atoms with E-state index in [0.717, 1.165) is 5.56 Å². The van der Waals surface area contributed by atoms with E-state index in [-0.39, 0.29) is 17.1 Å². The van der Waals surface area contributed by atoms with Crippen LogP contribution in [0.1, 0.15) is 27.9 Å². The molecule has 0 fully saturated rings. The average Bonchev–Trinajstić information content (AvgIpc) is 2.90. The summed E-state index contributed by atoms with van der Waals surface area (Å²) in [4.78, 5) is 27.8. The highest BCUT2D eigenvalue weighted by Gasteiger charge is 2.51. The number of nitrogens with zero attached hydrogens (tertiary/aromatic N) is 1. The Kier molecular flexibility index (Phi) is 5.73. The number of ketones is 1. The van der Waals surface area contributed by atoms with Gasteiger partial charge in [-0.05, 0) is 42.0 Å². The maximum atomic E-state index is 13.4. The van der Waals surface area contributed by atoms with Gasteiger partial charge < -0.3 is 10.0 Å². The molecule has 0 saturated carbocycles. The molecule has 3 aromatic rings. The quantitative estimate of drug-likeness (QED) is 0.449. The topological polar surface area (TPSA) is 57.6 Å². The highest BCUT2D eigenvalue weighted by atomic mass is 79.9. The van der Waals surface area contributed by atoms with Gasteiger partial charge in [-0.1, -0.05) is 69.5 Å². The summed E-state index contributed by atoms with van der Waals surface area (Å²) in [6.45, 7) is 0.284. The zero-order valence-corrected chi connectivity index (χ0v) is 18.7. The number of fused-ring (bicyclic) bond motifs is 1. The molecule has 0 saturated heterocycles. The summed E-state index contributed by atoms with van der Waals surface area (Å²) in [5.74, 6) is -0.988. The molecule has 0 aromatic heterocycles. The van der Waals surface area contributed by atoms with Gasteiger partial charge in [0.05, 0.1) is 23.7 Å². The van der Waals surface area contributed by atoms with Crippen LogP contribution in [0.15, 0.2) is 71.2 Å². The summed E-state index contributed by atoms with van der Waals surface area (Å²) in [5, 5.41) is 12.0. The lowest BCUT2D eigenvalue weighted by Crippen LogP contribution is -2.41. The minimum atomic E-state index is -1.99. The third-order valence-corrected chi connectivity index (χ3v) is 6.17. The molecule has 152 valence electrons. The lowest BCUT2D eigenvalue weighted by molar-refractivity contribution is -0.136. The van der Waals surface area contributed by atoms with Gasteiger partial charge >= 0.3 is 0 Å². The number of halogens is 3. The standard InChI is InChI=1S/C23H16BrCl2NO3/c24-15-6-9-20-18(10-15)23(30,12-21(28)17-8-7-16(25)11-19(17)26)22(29)27(20)13-14-4-2-1-3-5-14/h1-11,30H,12-13H2/t23-/m1/s1. The van der Waals surface area contributed by atoms with Crippen LogP contribution in [0.2, 0.25) is 10.0 Å². The number of amides is 1. The Balaban J connectivity index is 1.72. The summed E-state index contributed by atoms with van der Waals surface area (Å²) in [5.41, 5.74) is 0.0886. The van der Waals surface area contributed by atoms with Gasteiger partial charge in [-0.3, -0.25) is 9.59 Å². The van der Waals surface area contributed by atoms with Crippen LogP contribution in [0, 0.1) is 0 Å². The van der Waals surface area contributed by atoms with Crippen LogP contribution in [0.3, 0.4) is 0 Å². The van der Waals surface area contributed by atoms with Crippen molar-refractivity contribution in [1.29, 1.82) is 0 Å². The van der Waals surface area contributed by atoms with Crippen LogP contribution in [0.4, 0.5) is 5.69 Å². The Morgan fingerprint density at radius 2 is 1.77 bits per heavy atom. The van der Waals surface area contributed by atoms with E-state index in [1.807, 2.05) is 30.3 Å². The lowest BCUT2D eigenvalue weighted by Gasteiger charge is -2.23. The molecule has 4 nitrogen and oxygen atoms in total. The molecule has 0 radical (unpaired) electrons. The molecule has 7 heteroatoms. The fourth-order valence-corrected chi connectivity index (χ4v) is 4.53. The summed E-state index contributed by atoms with van der Waals surface area (Å²) in [6.07, 6.45) is -0.429. The molecule has 1 amide bonds. The maximum absolute atomic E-state index is 13.4. The highest BCUT2D eigenvalue weighted by Crippen LogP contribution is 2.45. The van der Waals surface area contributed by atoms with Crippen molar-refractivity contribution in [3.05, 3.63) is 97.9 Å². The van der Waals surface area contributed by atoms with E-state index >= 15 is 0 Å². The van der Waals surface area contributed by atoms with Crippen LogP contribution in [-0.2, 0) is 16.9 Å². The fraction of sp³-hybridized carbons (Fsp3) is 0.130. The molecule has 0 aliphatic carbocycles. The Hall–Kier alpha value is -2.18. The molecule has 3 aromatic carbocycles. The van der Waals surface area contributed by atoms with Gasteiger partial charge in [0, 0.05) is 20.6 Å². The van der Waals surface area contributed by atoms with Gasteiger partial charge in [0.1, 0.15) is 0 Å². The lowest BCUT2D eigenvalue weighted by atomic mass is 9.88. The van der Waals surface area contributed by atoms with Gasteiger partial charge in [-0.25, -0.2) is 0 Å². The van der Waals surface area contributed by atoms with Gasteiger partial charge in [0.2, 0.25) is 0 Å². The largest absolute Gasteiger partial charge is 0.375 e. The van der Waals surface area contributed by atoms with E-state index in [1.54, 1.807) is 24.3 Å². The first kappa shape index (κ1) is 21.1. The normalized spacial score (nSPS) is 17.9.